The van der Waals surface area contributed by atoms with Gasteiger partial charge in [0.05, 0.1) is 19.8 Å². The van der Waals surface area contributed by atoms with Crippen LogP contribution < -0.4 is 15.1 Å². The van der Waals surface area contributed by atoms with Gasteiger partial charge in [0, 0.05) is 6.10 Å². The van der Waals surface area contributed by atoms with Gasteiger partial charge in [-0.05, 0) is 91.3 Å². The van der Waals surface area contributed by atoms with Crippen LogP contribution in [0.25, 0.3) is 0 Å². The minimum Gasteiger partial charge on any atom is -0.496 e. The first-order valence-corrected chi connectivity index (χ1v) is 15.9. The molecule has 200 valence electrons. The molecule has 1 aliphatic heterocycles. The van der Waals surface area contributed by atoms with Crippen LogP contribution in [0.4, 0.5) is 0 Å². The van der Waals surface area contributed by atoms with Gasteiger partial charge in [0.15, 0.2) is 5.79 Å². The molecule has 0 N–H and O–H groups in total. The largest absolute Gasteiger partial charge is 0.496 e. The van der Waals surface area contributed by atoms with E-state index in [0.717, 1.165) is 37.9 Å². The summed E-state index contributed by atoms with van der Waals surface area (Å²) < 4.78 is 25.2. The van der Waals surface area contributed by atoms with Crippen molar-refractivity contribution in [3.8, 4) is 5.75 Å². The van der Waals surface area contributed by atoms with Crippen LogP contribution in [-0.4, -0.2) is 40.8 Å². The Morgan fingerprint density at radius 2 is 1.58 bits per heavy atom. The summed E-state index contributed by atoms with van der Waals surface area (Å²) in [6.07, 6.45) is 5.85. The van der Waals surface area contributed by atoms with Crippen molar-refractivity contribution in [2.24, 2.45) is 17.8 Å². The Kier molecular flexibility index (Phi) is 7.45. The van der Waals surface area contributed by atoms with Gasteiger partial charge in [-0.2, -0.15) is 0 Å². The molecular weight excluding hydrogens is 488 g/mol. The van der Waals surface area contributed by atoms with Crippen LogP contribution in [0.3, 0.4) is 0 Å². The molecule has 2 fully saturated rings. The van der Waals surface area contributed by atoms with Crippen LogP contribution in [0.15, 0.2) is 78.9 Å². The lowest BCUT2D eigenvalue weighted by atomic mass is 9.73. The van der Waals surface area contributed by atoms with Crippen molar-refractivity contribution in [3.05, 3.63) is 90.0 Å². The zero-order valence-corrected chi connectivity index (χ0v) is 24.0. The lowest BCUT2D eigenvalue weighted by molar-refractivity contribution is -0.139. The number of hydrogen-bond acceptors (Lipinski definition) is 4. The van der Waals surface area contributed by atoms with Gasteiger partial charge in [-0.25, -0.2) is 0 Å². The van der Waals surface area contributed by atoms with Crippen molar-refractivity contribution >= 4 is 19.4 Å². The second-order valence-electron chi connectivity index (χ2n) is 11.7. The van der Waals surface area contributed by atoms with Gasteiger partial charge >= 0.3 is 0 Å². The molecule has 1 unspecified atom stereocenters. The topological polar surface area (TPSA) is 36.9 Å². The molecule has 0 aromatic heterocycles. The van der Waals surface area contributed by atoms with Crippen molar-refractivity contribution in [1.29, 1.82) is 0 Å². The molecule has 3 aliphatic rings. The highest BCUT2D eigenvalue weighted by atomic mass is 28.3. The van der Waals surface area contributed by atoms with Gasteiger partial charge in [-0.3, -0.25) is 0 Å². The van der Waals surface area contributed by atoms with Crippen LogP contribution in [0, 0.1) is 17.8 Å². The molecule has 3 aromatic rings. The second kappa shape index (κ2) is 11.0. The predicted molar refractivity (Wildman–Crippen MR) is 154 cm³/mol. The van der Waals surface area contributed by atoms with Crippen LogP contribution in [-0.2, 0) is 26.7 Å². The fraction of sp³-hybridized carbons (Fsp3) is 0.455. The number of hydrogen-bond donors (Lipinski definition) is 0. The summed E-state index contributed by atoms with van der Waals surface area (Å²) in [7, 11) is -0.0454. The average Bonchev–Trinajstić information content (AvgIpc) is 3.47. The van der Waals surface area contributed by atoms with Gasteiger partial charge < -0.3 is 18.6 Å². The van der Waals surface area contributed by atoms with Crippen LogP contribution in [0.5, 0.6) is 5.75 Å². The molecular formula is C33H40O4Si. The number of methoxy groups -OCH3 is 1. The third kappa shape index (κ3) is 5.35. The van der Waals surface area contributed by atoms with E-state index >= 15 is 0 Å². The monoisotopic (exact) mass is 528 g/mol. The van der Waals surface area contributed by atoms with Crippen molar-refractivity contribution < 1.29 is 18.6 Å². The normalized spacial score (nSPS) is 27.7. The quantitative estimate of drug-likeness (QED) is 0.390. The maximum absolute atomic E-state index is 7.34. The molecule has 0 spiro atoms. The van der Waals surface area contributed by atoms with Crippen LogP contribution >= 0.6 is 0 Å². The molecule has 5 atom stereocenters. The molecule has 2 aliphatic carbocycles. The molecule has 38 heavy (non-hydrogen) atoms. The Bertz CT molecular complexity index is 1170. The Balaban J connectivity index is 1.28. The average molecular weight is 529 g/mol. The summed E-state index contributed by atoms with van der Waals surface area (Å²) >= 11 is 0. The highest BCUT2D eigenvalue weighted by Gasteiger charge is 2.47. The molecule has 1 heterocycles. The van der Waals surface area contributed by atoms with E-state index in [1.54, 1.807) is 7.11 Å². The van der Waals surface area contributed by atoms with Gasteiger partial charge in [0.1, 0.15) is 5.75 Å². The molecule has 1 saturated carbocycles. The molecule has 1 saturated heterocycles. The standard InChI is InChI=1S/C33H40O4Si/c1-33(2)35-22-25(36-33)17-18-28-29-19-23-11-10-16-31(34-3)30(23)20-24(29)21-32(28)37-38(26-12-6-4-7-13-26)27-14-8-5-9-15-27/h4-16,24-25,28-29,32,38H,17-22H2,1-3H3/t24-,25?,28+,29-,32+/m0/s1. The smallest absolute Gasteiger partial charge is 0.240 e. The first kappa shape index (κ1) is 25.8. The molecule has 0 amide bonds. The summed E-state index contributed by atoms with van der Waals surface area (Å²) in [4.78, 5) is 0. The fourth-order valence-electron chi connectivity index (χ4n) is 7.19. The van der Waals surface area contributed by atoms with E-state index in [-0.39, 0.29) is 12.2 Å². The SMILES string of the molecule is COc1cccc2c1C[C@H]1C[C@@H](O[SiH](c3ccccc3)c3ccccc3)[C@H](CCC3COC(C)(C)O3)[C@H]1C2. The zero-order valence-electron chi connectivity index (χ0n) is 22.8. The Morgan fingerprint density at radius 1 is 0.868 bits per heavy atom. The predicted octanol–water partition coefficient (Wildman–Crippen LogP) is 4.90. The summed E-state index contributed by atoms with van der Waals surface area (Å²) in [5.41, 5.74) is 2.86. The summed E-state index contributed by atoms with van der Waals surface area (Å²) in [6, 6.07) is 28.4. The Labute approximate surface area is 229 Å². The van der Waals surface area contributed by atoms with Gasteiger partial charge in [-0.1, -0.05) is 72.8 Å². The van der Waals surface area contributed by atoms with E-state index in [2.05, 4.69) is 78.9 Å². The summed E-state index contributed by atoms with van der Waals surface area (Å²) in [5, 5.41) is 2.71. The summed E-state index contributed by atoms with van der Waals surface area (Å²) in [6.45, 7) is 4.72. The maximum Gasteiger partial charge on any atom is 0.240 e. The molecule has 6 rings (SSSR count). The van der Waals surface area contributed by atoms with Crippen molar-refractivity contribution in [3.63, 3.8) is 0 Å². The first-order chi connectivity index (χ1) is 18.5. The lowest BCUT2D eigenvalue weighted by Gasteiger charge is -2.33. The zero-order chi connectivity index (χ0) is 26.1. The van der Waals surface area contributed by atoms with Crippen molar-refractivity contribution in [2.75, 3.05) is 13.7 Å². The number of rotatable bonds is 8. The first-order valence-electron chi connectivity index (χ1n) is 14.2. The second-order valence-corrected chi connectivity index (χ2v) is 14.1. The van der Waals surface area contributed by atoms with Crippen molar-refractivity contribution in [1.82, 2.24) is 0 Å². The van der Waals surface area contributed by atoms with E-state index in [9.17, 15) is 0 Å². The third-order valence-electron chi connectivity index (χ3n) is 8.94. The van der Waals surface area contributed by atoms with Gasteiger partial charge in [0.25, 0.3) is 0 Å². The van der Waals surface area contributed by atoms with E-state index < -0.39 is 14.8 Å². The van der Waals surface area contributed by atoms with E-state index in [1.807, 2.05) is 13.8 Å². The minimum atomic E-state index is -1.84. The molecule has 3 aromatic carbocycles. The Morgan fingerprint density at radius 3 is 2.21 bits per heavy atom. The molecule has 0 bridgehead atoms. The lowest BCUT2D eigenvalue weighted by Crippen LogP contribution is -2.48. The third-order valence-corrected chi connectivity index (χ3v) is 11.5. The van der Waals surface area contributed by atoms with E-state index in [4.69, 9.17) is 18.6 Å². The molecule has 5 heteroatoms. The number of fused-ring (bicyclic) bond motifs is 2. The van der Waals surface area contributed by atoms with Crippen molar-refractivity contribution in [2.45, 2.75) is 63.9 Å². The molecule has 4 nitrogen and oxygen atoms in total. The number of ether oxygens (including phenoxy) is 3. The van der Waals surface area contributed by atoms with Crippen LogP contribution in [0.1, 0.15) is 44.2 Å². The van der Waals surface area contributed by atoms with Gasteiger partial charge in [0.2, 0.25) is 9.04 Å². The van der Waals surface area contributed by atoms with Gasteiger partial charge in [-0.15, -0.1) is 0 Å². The fourth-order valence-corrected chi connectivity index (χ4v) is 9.69. The minimum absolute atomic E-state index is 0.164. The Hall–Kier alpha value is -2.44. The maximum atomic E-state index is 7.34. The summed E-state index contributed by atoms with van der Waals surface area (Å²) in [5.74, 6) is 2.32. The van der Waals surface area contributed by atoms with E-state index in [1.165, 1.54) is 21.5 Å². The highest BCUT2D eigenvalue weighted by Crippen LogP contribution is 2.49. The van der Waals surface area contributed by atoms with Crippen LogP contribution in [0.2, 0.25) is 0 Å². The highest BCUT2D eigenvalue weighted by molar-refractivity contribution is 6.80. The number of benzene rings is 3. The van der Waals surface area contributed by atoms with E-state index in [0.29, 0.717) is 24.4 Å². The molecule has 0 radical (unpaired) electrons.